The van der Waals surface area contributed by atoms with Gasteiger partial charge in [0, 0.05) is 12.3 Å². The monoisotopic (exact) mass is 259 g/mol. The molecule has 2 aliphatic carbocycles. The first kappa shape index (κ1) is 13.3. The average molecular weight is 259 g/mol. The van der Waals surface area contributed by atoms with E-state index >= 15 is 0 Å². The van der Waals surface area contributed by atoms with Crippen LogP contribution >= 0.6 is 0 Å². The van der Waals surface area contributed by atoms with E-state index in [1.54, 1.807) is 0 Å². The Balaban J connectivity index is 1.82. The van der Waals surface area contributed by atoms with E-state index in [0.717, 1.165) is 37.6 Å². The van der Waals surface area contributed by atoms with Crippen molar-refractivity contribution in [1.82, 2.24) is 5.32 Å². The summed E-state index contributed by atoms with van der Waals surface area (Å²) in [7, 11) is -2.87. The first-order chi connectivity index (χ1) is 7.97. The molecule has 4 atom stereocenters. The van der Waals surface area contributed by atoms with Gasteiger partial charge in [0.05, 0.1) is 5.25 Å². The molecule has 0 aliphatic heterocycles. The van der Waals surface area contributed by atoms with Crippen molar-refractivity contribution in [2.24, 2.45) is 11.8 Å². The van der Waals surface area contributed by atoms with Crippen molar-refractivity contribution in [2.75, 3.05) is 12.8 Å². The lowest BCUT2D eigenvalue weighted by molar-refractivity contribution is 0.423. The van der Waals surface area contributed by atoms with Crippen LogP contribution in [0.2, 0.25) is 0 Å². The summed E-state index contributed by atoms with van der Waals surface area (Å²) in [6.07, 6.45) is 8.27. The van der Waals surface area contributed by atoms with E-state index in [9.17, 15) is 8.42 Å². The molecule has 2 fully saturated rings. The molecule has 0 bridgehead atoms. The maximum absolute atomic E-state index is 11.7. The number of hydrogen-bond donors (Lipinski definition) is 1. The lowest BCUT2D eigenvalue weighted by Crippen LogP contribution is -2.41. The second kappa shape index (κ2) is 5.27. The zero-order chi connectivity index (χ0) is 12.5. The maximum atomic E-state index is 11.7. The molecule has 0 spiro atoms. The van der Waals surface area contributed by atoms with Gasteiger partial charge in [-0.15, -0.1) is 0 Å². The van der Waals surface area contributed by atoms with Gasteiger partial charge in [-0.2, -0.15) is 0 Å². The summed E-state index contributed by atoms with van der Waals surface area (Å²) in [4.78, 5) is 0. The van der Waals surface area contributed by atoms with E-state index in [1.807, 2.05) is 0 Å². The van der Waals surface area contributed by atoms with Crippen LogP contribution in [0.5, 0.6) is 0 Å². The highest BCUT2D eigenvalue weighted by Gasteiger charge is 2.35. The molecule has 2 rings (SSSR count). The molecule has 0 amide bonds. The van der Waals surface area contributed by atoms with Crippen LogP contribution < -0.4 is 5.32 Å². The van der Waals surface area contributed by atoms with Gasteiger partial charge in [-0.3, -0.25) is 0 Å². The zero-order valence-corrected chi connectivity index (χ0v) is 11.8. The Hall–Kier alpha value is -0.0900. The fourth-order valence-electron chi connectivity index (χ4n) is 3.50. The normalized spacial score (nSPS) is 38.7. The van der Waals surface area contributed by atoms with Crippen LogP contribution in [0.4, 0.5) is 0 Å². The molecule has 3 nitrogen and oxygen atoms in total. The highest BCUT2D eigenvalue weighted by molar-refractivity contribution is 7.91. The SMILES string of the molecule is CC1CCC(CNC2CCCC2S(C)(=O)=O)C1. The molecule has 0 aromatic heterocycles. The minimum atomic E-state index is -2.87. The minimum Gasteiger partial charge on any atom is -0.312 e. The van der Waals surface area contributed by atoms with E-state index in [1.165, 1.54) is 25.5 Å². The molecule has 17 heavy (non-hydrogen) atoms. The van der Waals surface area contributed by atoms with Gasteiger partial charge in [-0.1, -0.05) is 19.8 Å². The van der Waals surface area contributed by atoms with Gasteiger partial charge in [-0.25, -0.2) is 8.42 Å². The van der Waals surface area contributed by atoms with Crippen molar-refractivity contribution < 1.29 is 8.42 Å². The molecule has 4 heteroatoms. The molecular weight excluding hydrogens is 234 g/mol. The third-order valence-corrected chi connectivity index (χ3v) is 6.14. The largest absolute Gasteiger partial charge is 0.312 e. The Labute approximate surface area is 105 Å². The summed E-state index contributed by atoms with van der Waals surface area (Å²) in [5.74, 6) is 1.63. The highest BCUT2D eigenvalue weighted by atomic mass is 32.2. The Morgan fingerprint density at radius 3 is 2.53 bits per heavy atom. The van der Waals surface area contributed by atoms with Crippen LogP contribution in [0, 0.1) is 11.8 Å². The van der Waals surface area contributed by atoms with Crippen molar-refractivity contribution in [3.05, 3.63) is 0 Å². The van der Waals surface area contributed by atoms with Crippen molar-refractivity contribution in [3.63, 3.8) is 0 Å². The van der Waals surface area contributed by atoms with Gasteiger partial charge in [0.25, 0.3) is 0 Å². The van der Waals surface area contributed by atoms with Crippen LogP contribution in [0.25, 0.3) is 0 Å². The van der Waals surface area contributed by atoms with Crippen LogP contribution in [0.3, 0.4) is 0 Å². The van der Waals surface area contributed by atoms with Crippen LogP contribution in [-0.2, 0) is 9.84 Å². The van der Waals surface area contributed by atoms with Gasteiger partial charge in [0.1, 0.15) is 0 Å². The molecule has 1 N–H and O–H groups in total. The Morgan fingerprint density at radius 2 is 1.94 bits per heavy atom. The minimum absolute atomic E-state index is 0.138. The van der Waals surface area contributed by atoms with E-state index in [-0.39, 0.29) is 11.3 Å². The quantitative estimate of drug-likeness (QED) is 0.839. The number of sulfone groups is 1. The topological polar surface area (TPSA) is 46.2 Å². The van der Waals surface area contributed by atoms with E-state index in [4.69, 9.17) is 0 Å². The molecule has 2 aliphatic rings. The first-order valence-corrected chi connectivity index (χ1v) is 8.84. The summed E-state index contributed by atoms with van der Waals surface area (Å²) in [6, 6.07) is 0.209. The Morgan fingerprint density at radius 1 is 1.18 bits per heavy atom. The summed E-state index contributed by atoms with van der Waals surface area (Å²) in [5, 5.41) is 3.38. The average Bonchev–Trinajstić information content (AvgIpc) is 2.81. The lowest BCUT2D eigenvalue weighted by Gasteiger charge is -2.21. The third kappa shape index (κ3) is 3.44. The first-order valence-electron chi connectivity index (χ1n) is 6.89. The summed E-state index contributed by atoms with van der Waals surface area (Å²) >= 11 is 0. The second-order valence-electron chi connectivity index (χ2n) is 6.10. The molecular formula is C13H25NO2S. The Kier molecular flexibility index (Phi) is 4.14. The van der Waals surface area contributed by atoms with Gasteiger partial charge in [0.2, 0.25) is 0 Å². The van der Waals surface area contributed by atoms with Crippen molar-refractivity contribution in [2.45, 2.75) is 56.7 Å². The van der Waals surface area contributed by atoms with Crippen LogP contribution in [0.1, 0.15) is 45.4 Å². The molecule has 0 aromatic carbocycles. The van der Waals surface area contributed by atoms with Crippen LogP contribution in [0.15, 0.2) is 0 Å². The standard InChI is InChI=1S/C13H25NO2S/c1-10-6-7-11(8-10)9-14-12-4-3-5-13(12)17(2,15)16/h10-14H,3-9H2,1-2H3. The number of rotatable bonds is 4. The smallest absolute Gasteiger partial charge is 0.151 e. The molecule has 0 aromatic rings. The molecule has 0 heterocycles. The van der Waals surface area contributed by atoms with E-state index < -0.39 is 9.84 Å². The zero-order valence-electron chi connectivity index (χ0n) is 11.0. The van der Waals surface area contributed by atoms with Crippen molar-refractivity contribution in [3.8, 4) is 0 Å². The predicted octanol–water partition coefficient (Wildman–Crippen LogP) is 1.98. The second-order valence-corrected chi connectivity index (χ2v) is 8.36. The molecule has 0 radical (unpaired) electrons. The summed E-state index contributed by atoms with van der Waals surface area (Å²) in [5.41, 5.74) is 0. The van der Waals surface area contributed by atoms with Gasteiger partial charge in [0.15, 0.2) is 9.84 Å². The van der Waals surface area contributed by atoms with Crippen LogP contribution in [-0.4, -0.2) is 32.5 Å². The summed E-state index contributed by atoms with van der Waals surface area (Å²) < 4.78 is 23.3. The van der Waals surface area contributed by atoms with E-state index in [0.29, 0.717) is 0 Å². The third-order valence-electron chi connectivity index (χ3n) is 4.47. The van der Waals surface area contributed by atoms with Crippen molar-refractivity contribution in [1.29, 1.82) is 0 Å². The van der Waals surface area contributed by atoms with E-state index in [2.05, 4.69) is 12.2 Å². The Bertz CT molecular complexity index is 352. The van der Waals surface area contributed by atoms with Gasteiger partial charge in [-0.05, 0) is 44.1 Å². The molecule has 0 saturated heterocycles. The maximum Gasteiger partial charge on any atom is 0.151 e. The highest BCUT2D eigenvalue weighted by Crippen LogP contribution is 2.31. The molecule has 2 saturated carbocycles. The number of hydrogen-bond acceptors (Lipinski definition) is 3. The van der Waals surface area contributed by atoms with Gasteiger partial charge >= 0.3 is 0 Å². The summed E-state index contributed by atoms with van der Waals surface area (Å²) in [6.45, 7) is 3.33. The predicted molar refractivity (Wildman–Crippen MR) is 70.8 cm³/mol. The molecule has 4 unspecified atom stereocenters. The molecule has 100 valence electrons. The van der Waals surface area contributed by atoms with Gasteiger partial charge < -0.3 is 5.32 Å². The number of nitrogens with one attached hydrogen (secondary N) is 1. The fraction of sp³-hybridized carbons (Fsp3) is 1.00. The fourth-order valence-corrected chi connectivity index (χ4v) is 4.92. The lowest BCUT2D eigenvalue weighted by atomic mass is 10.1. The van der Waals surface area contributed by atoms with Crippen molar-refractivity contribution >= 4 is 9.84 Å².